The highest BCUT2D eigenvalue weighted by molar-refractivity contribution is 5.00. The third-order valence-corrected chi connectivity index (χ3v) is 3.99. The molecule has 0 saturated carbocycles. The van der Waals surface area contributed by atoms with Gasteiger partial charge in [-0.1, -0.05) is 0 Å². The Labute approximate surface area is 146 Å². The number of rotatable bonds is 7. The van der Waals surface area contributed by atoms with Crippen LogP contribution in [0.15, 0.2) is 30.9 Å². The summed E-state index contributed by atoms with van der Waals surface area (Å²) in [6.07, 6.45) is -3.03. The van der Waals surface area contributed by atoms with Gasteiger partial charge >= 0.3 is 23.9 Å². The molecular weight excluding hydrogens is 395 g/mol. The zero-order valence-electron chi connectivity index (χ0n) is 13.7. The van der Waals surface area contributed by atoms with E-state index in [2.05, 4.69) is 5.10 Å². The maximum absolute atomic E-state index is 13.6. The summed E-state index contributed by atoms with van der Waals surface area (Å²) in [5, 5.41) is 3.91. The van der Waals surface area contributed by atoms with E-state index in [-0.39, 0.29) is 12.5 Å². The Morgan fingerprint density at radius 2 is 1.59 bits per heavy atom. The molecular formula is C14H14F9N4+. The first kappa shape index (κ1) is 21.1. The number of imidazole rings is 1. The van der Waals surface area contributed by atoms with Gasteiger partial charge in [-0.15, -0.1) is 0 Å². The zero-order chi connectivity index (χ0) is 20.7. The van der Waals surface area contributed by atoms with Gasteiger partial charge in [0.25, 0.3) is 5.82 Å². The van der Waals surface area contributed by atoms with Crippen LogP contribution >= 0.6 is 0 Å². The Hall–Kier alpha value is -2.21. The van der Waals surface area contributed by atoms with Gasteiger partial charge in [-0.25, -0.2) is 13.8 Å². The van der Waals surface area contributed by atoms with Crippen molar-refractivity contribution in [2.24, 2.45) is 0 Å². The summed E-state index contributed by atoms with van der Waals surface area (Å²) >= 11 is 0. The molecule has 2 aromatic heterocycles. The Balaban J connectivity index is 2.14. The highest BCUT2D eigenvalue weighted by atomic mass is 19.4. The fourth-order valence-electron chi connectivity index (χ4n) is 2.29. The molecule has 2 aromatic rings. The molecule has 13 heteroatoms. The minimum absolute atomic E-state index is 0.157. The number of hydrogen-bond acceptors (Lipinski definition) is 1. The summed E-state index contributed by atoms with van der Waals surface area (Å²) < 4.78 is 120. The van der Waals surface area contributed by atoms with E-state index in [9.17, 15) is 39.5 Å². The first-order valence-corrected chi connectivity index (χ1v) is 7.43. The van der Waals surface area contributed by atoms with Crippen molar-refractivity contribution >= 4 is 0 Å². The molecule has 0 fully saturated rings. The van der Waals surface area contributed by atoms with Crippen molar-refractivity contribution < 1.29 is 44.1 Å². The van der Waals surface area contributed by atoms with Crippen LogP contribution in [0, 0.1) is 6.92 Å². The van der Waals surface area contributed by atoms with Gasteiger partial charge in [-0.05, 0) is 6.07 Å². The average molecular weight is 409 g/mol. The predicted octanol–water partition coefficient (Wildman–Crippen LogP) is 3.64. The fraction of sp³-hybridized carbons (Fsp3) is 0.571. The number of hydrogen-bond donors (Lipinski definition) is 0. The van der Waals surface area contributed by atoms with E-state index in [1.54, 1.807) is 12.3 Å². The number of aromatic nitrogens is 4. The van der Waals surface area contributed by atoms with Crippen molar-refractivity contribution in [1.29, 1.82) is 0 Å². The molecule has 0 bridgehead atoms. The van der Waals surface area contributed by atoms with Gasteiger partial charge in [-0.3, -0.25) is 0 Å². The topological polar surface area (TPSA) is 26.6 Å². The first-order valence-electron chi connectivity index (χ1n) is 7.43. The third-order valence-electron chi connectivity index (χ3n) is 3.99. The van der Waals surface area contributed by atoms with E-state index in [0.717, 1.165) is 4.57 Å². The lowest BCUT2D eigenvalue weighted by Gasteiger charge is -2.33. The van der Waals surface area contributed by atoms with Crippen LogP contribution in [-0.4, -0.2) is 38.3 Å². The smallest absolute Gasteiger partial charge is 0.234 e. The van der Waals surface area contributed by atoms with Crippen LogP contribution in [0.2, 0.25) is 0 Å². The average Bonchev–Trinajstić information content (AvgIpc) is 3.15. The summed E-state index contributed by atoms with van der Waals surface area (Å²) in [7, 11) is 0. The monoisotopic (exact) mass is 409 g/mol. The van der Waals surface area contributed by atoms with Gasteiger partial charge in [0.2, 0.25) is 0 Å². The zero-order valence-corrected chi connectivity index (χ0v) is 13.7. The molecule has 0 aliphatic rings. The van der Waals surface area contributed by atoms with Crippen molar-refractivity contribution in [3.8, 4) is 0 Å². The predicted molar refractivity (Wildman–Crippen MR) is 72.5 cm³/mol. The molecule has 0 radical (unpaired) electrons. The Morgan fingerprint density at radius 3 is 2.11 bits per heavy atom. The maximum Gasteiger partial charge on any atom is 0.460 e. The van der Waals surface area contributed by atoms with E-state index in [4.69, 9.17) is 0 Å². The minimum atomic E-state index is -6.87. The fourth-order valence-corrected chi connectivity index (χ4v) is 2.29. The standard InChI is InChI=1S/C14H14F9N4/c1-10-25(7-8-26(10)9-27-5-2-4-24-27)6-3-11(15,16)12(17,18)13(19,20)14(21,22)23/h2,4-5,7-8H,3,6,9H2,1H3/q+1. The molecule has 0 aliphatic carbocycles. The van der Waals surface area contributed by atoms with Crippen LogP contribution in [0.25, 0.3) is 0 Å². The minimum Gasteiger partial charge on any atom is -0.234 e. The molecule has 2 heterocycles. The quantitative estimate of drug-likeness (QED) is 0.507. The van der Waals surface area contributed by atoms with Gasteiger partial charge in [0.15, 0.2) is 6.67 Å². The van der Waals surface area contributed by atoms with Crippen molar-refractivity contribution in [3.63, 3.8) is 0 Å². The second kappa shape index (κ2) is 6.75. The second-order valence-corrected chi connectivity index (χ2v) is 5.80. The summed E-state index contributed by atoms with van der Waals surface area (Å²) in [5.41, 5.74) is 0. The molecule has 2 rings (SSSR count). The highest BCUT2D eigenvalue weighted by Gasteiger charge is 2.81. The van der Waals surface area contributed by atoms with Crippen molar-refractivity contribution in [2.45, 2.75) is 50.5 Å². The normalized spacial score (nSPS) is 14.0. The van der Waals surface area contributed by atoms with E-state index in [1.807, 2.05) is 0 Å². The van der Waals surface area contributed by atoms with E-state index in [1.165, 1.54) is 34.8 Å². The van der Waals surface area contributed by atoms with Gasteiger partial charge in [0.1, 0.15) is 12.4 Å². The van der Waals surface area contributed by atoms with Crippen LogP contribution in [-0.2, 0) is 13.2 Å². The molecule has 27 heavy (non-hydrogen) atoms. The summed E-state index contributed by atoms with van der Waals surface area (Å²) in [4.78, 5) is 0. The summed E-state index contributed by atoms with van der Waals surface area (Å²) in [6.45, 7) is 0.698. The van der Waals surface area contributed by atoms with E-state index >= 15 is 0 Å². The van der Waals surface area contributed by atoms with E-state index in [0.29, 0.717) is 0 Å². The van der Waals surface area contributed by atoms with Crippen LogP contribution in [0.5, 0.6) is 0 Å². The van der Waals surface area contributed by atoms with Crippen molar-refractivity contribution in [3.05, 3.63) is 36.7 Å². The SMILES string of the molecule is Cc1n(CCC(F)(F)C(F)(F)C(F)(F)C(F)(F)F)cc[n+]1Cn1cccn1. The van der Waals surface area contributed by atoms with Crippen LogP contribution in [0.4, 0.5) is 39.5 Å². The summed E-state index contributed by atoms with van der Waals surface area (Å²) in [5.74, 6) is -18.8. The Morgan fingerprint density at radius 1 is 0.963 bits per heavy atom. The number of aryl methyl sites for hydroxylation is 1. The van der Waals surface area contributed by atoms with Crippen LogP contribution in [0.3, 0.4) is 0 Å². The first-order chi connectivity index (χ1) is 12.2. The maximum atomic E-state index is 13.6. The van der Waals surface area contributed by atoms with Gasteiger partial charge < -0.3 is 0 Å². The molecule has 0 aliphatic heterocycles. The summed E-state index contributed by atoms with van der Waals surface area (Å²) in [6, 6.07) is 1.62. The van der Waals surface area contributed by atoms with Crippen molar-refractivity contribution in [2.75, 3.05) is 0 Å². The van der Waals surface area contributed by atoms with E-state index < -0.39 is 36.9 Å². The van der Waals surface area contributed by atoms with Gasteiger partial charge in [0.05, 0.1) is 13.0 Å². The van der Waals surface area contributed by atoms with Gasteiger partial charge in [0, 0.05) is 19.3 Å². The lowest BCUT2D eigenvalue weighted by Crippen LogP contribution is -2.61. The molecule has 0 spiro atoms. The second-order valence-electron chi connectivity index (χ2n) is 5.80. The van der Waals surface area contributed by atoms with Crippen LogP contribution < -0.4 is 4.57 Å². The molecule has 4 nitrogen and oxygen atoms in total. The number of halogens is 9. The molecule has 152 valence electrons. The number of nitrogens with zero attached hydrogens (tertiary/aromatic N) is 4. The molecule has 0 unspecified atom stereocenters. The number of alkyl halides is 9. The lowest BCUT2D eigenvalue weighted by molar-refractivity contribution is -0.708. The molecule has 0 atom stereocenters. The third kappa shape index (κ3) is 3.76. The molecule has 0 saturated heterocycles. The largest absolute Gasteiger partial charge is 0.460 e. The molecule has 0 N–H and O–H groups in total. The Kier molecular flexibility index (Phi) is 5.27. The van der Waals surface area contributed by atoms with Crippen molar-refractivity contribution in [1.82, 2.24) is 14.3 Å². The molecule has 0 amide bonds. The lowest BCUT2D eigenvalue weighted by atomic mass is 10.0. The molecule has 0 aromatic carbocycles. The highest BCUT2D eigenvalue weighted by Crippen LogP contribution is 2.54. The van der Waals surface area contributed by atoms with Gasteiger partial charge in [-0.2, -0.15) is 44.6 Å². The Bertz CT molecular complexity index is 762. The van der Waals surface area contributed by atoms with Crippen LogP contribution in [0.1, 0.15) is 12.2 Å².